The van der Waals surface area contributed by atoms with E-state index in [-0.39, 0.29) is 12.2 Å². The topological polar surface area (TPSA) is 67.8 Å². The van der Waals surface area contributed by atoms with Gasteiger partial charge in [-0.3, -0.25) is 4.79 Å². The predicted molar refractivity (Wildman–Crippen MR) is 74.7 cm³/mol. The van der Waals surface area contributed by atoms with E-state index in [4.69, 9.17) is 9.47 Å². The van der Waals surface area contributed by atoms with E-state index in [1.807, 2.05) is 13.8 Å². The Bertz CT molecular complexity index is 237. The summed E-state index contributed by atoms with van der Waals surface area (Å²) >= 11 is 0. The minimum Gasteiger partial charge on any atom is -0.381 e. The molecule has 0 heterocycles. The Morgan fingerprint density at radius 3 is 2.22 bits per heavy atom. The van der Waals surface area contributed by atoms with Gasteiger partial charge in [-0.1, -0.05) is 0 Å². The van der Waals surface area contributed by atoms with Crippen LogP contribution in [0.25, 0.3) is 0 Å². The third-order valence-electron chi connectivity index (χ3n) is 2.57. The molecule has 2 N–H and O–H groups in total. The zero-order chi connectivity index (χ0) is 14.2. The molecule has 0 aliphatic carbocycles. The Morgan fingerprint density at radius 2 is 1.83 bits per heavy atom. The summed E-state index contributed by atoms with van der Waals surface area (Å²) in [5, 5.41) is 12.2. The molecular weight excluding hydrogens is 250 g/mol. The van der Waals surface area contributed by atoms with E-state index in [1.165, 1.54) is 13.8 Å². The standard InChI is InChI=1S/C12H27NO4Si/c1-5-16-10(17-6-2)9(18)7-8-13-11(14)12(3,4)15/h9-10,15H,5-8H2,1-4,18H3,(H,13,14). The molecule has 6 heteroatoms. The number of hydrogen-bond donors (Lipinski definition) is 2. The molecule has 1 unspecified atom stereocenters. The molecule has 5 nitrogen and oxygen atoms in total. The zero-order valence-corrected chi connectivity index (χ0v) is 14.2. The number of ether oxygens (including phenoxy) is 2. The second-order valence-corrected chi connectivity index (χ2v) is 6.34. The van der Waals surface area contributed by atoms with Crippen LogP contribution in [0.3, 0.4) is 0 Å². The van der Waals surface area contributed by atoms with Gasteiger partial charge in [0.2, 0.25) is 0 Å². The molecule has 0 fully saturated rings. The second-order valence-electron chi connectivity index (χ2n) is 4.86. The Kier molecular flexibility index (Phi) is 8.42. The monoisotopic (exact) mass is 277 g/mol. The van der Waals surface area contributed by atoms with Crippen molar-refractivity contribution in [1.29, 1.82) is 0 Å². The maximum Gasteiger partial charge on any atom is 0.251 e. The molecule has 0 aromatic heterocycles. The van der Waals surface area contributed by atoms with E-state index in [0.717, 1.165) is 16.7 Å². The highest BCUT2D eigenvalue weighted by Crippen LogP contribution is 2.16. The van der Waals surface area contributed by atoms with Gasteiger partial charge < -0.3 is 19.9 Å². The maximum atomic E-state index is 11.5. The number of carbonyl (C=O) groups is 1. The van der Waals surface area contributed by atoms with Gasteiger partial charge in [0, 0.05) is 30.0 Å². The molecule has 0 saturated heterocycles. The molecule has 0 aliphatic heterocycles. The molecule has 0 saturated carbocycles. The van der Waals surface area contributed by atoms with Crippen molar-refractivity contribution in [2.24, 2.45) is 0 Å². The first-order valence-corrected chi connectivity index (χ1v) is 7.72. The van der Waals surface area contributed by atoms with E-state index in [2.05, 4.69) is 5.32 Å². The van der Waals surface area contributed by atoms with Crippen molar-refractivity contribution in [1.82, 2.24) is 5.32 Å². The molecule has 0 bridgehead atoms. The summed E-state index contributed by atoms with van der Waals surface area (Å²) in [6, 6.07) is 0. The van der Waals surface area contributed by atoms with Crippen LogP contribution in [-0.2, 0) is 14.3 Å². The zero-order valence-electron chi connectivity index (χ0n) is 12.2. The number of nitrogens with one attached hydrogen (secondary N) is 1. The van der Waals surface area contributed by atoms with Crippen molar-refractivity contribution in [3.05, 3.63) is 0 Å². The van der Waals surface area contributed by atoms with Gasteiger partial charge >= 0.3 is 0 Å². The average Bonchev–Trinajstić information content (AvgIpc) is 2.27. The van der Waals surface area contributed by atoms with Crippen molar-refractivity contribution in [2.75, 3.05) is 19.8 Å². The molecule has 18 heavy (non-hydrogen) atoms. The van der Waals surface area contributed by atoms with Gasteiger partial charge in [-0.15, -0.1) is 0 Å². The third-order valence-corrected chi connectivity index (χ3v) is 3.69. The number of rotatable bonds is 9. The first-order valence-electron chi connectivity index (χ1n) is 6.56. The lowest BCUT2D eigenvalue weighted by Gasteiger charge is -2.24. The van der Waals surface area contributed by atoms with Crippen LogP contribution in [0.2, 0.25) is 5.54 Å². The van der Waals surface area contributed by atoms with E-state index in [0.29, 0.717) is 25.3 Å². The predicted octanol–water partition coefficient (Wildman–Crippen LogP) is -0.183. The van der Waals surface area contributed by atoms with Crippen molar-refractivity contribution in [3.63, 3.8) is 0 Å². The van der Waals surface area contributed by atoms with Gasteiger partial charge in [0.05, 0.1) is 0 Å². The van der Waals surface area contributed by atoms with Gasteiger partial charge in [0.1, 0.15) is 5.60 Å². The second kappa shape index (κ2) is 8.63. The molecule has 108 valence electrons. The number of amides is 1. The summed E-state index contributed by atoms with van der Waals surface area (Å²) in [7, 11) is 0.936. The fourth-order valence-electron chi connectivity index (χ4n) is 1.47. The summed E-state index contributed by atoms with van der Waals surface area (Å²) in [6.45, 7) is 8.62. The smallest absolute Gasteiger partial charge is 0.251 e. The Labute approximate surface area is 113 Å². The van der Waals surface area contributed by atoms with Crippen LogP contribution in [0.4, 0.5) is 0 Å². The summed E-state index contributed by atoms with van der Waals surface area (Å²) in [5.41, 5.74) is -0.994. The first-order chi connectivity index (χ1) is 8.32. The lowest BCUT2D eigenvalue weighted by atomic mass is 10.1. The number of carbonyl (C=O) groups excluding carboxylic acids is 1. The molecule has 0 aromatic carbocycles. The van der Waals surface area contributed by atoms with Crippen molar-refractivity contribution < 1.29 is 19.4 Å². The van der Waals surface area contributed by atoms with Crippen LogP contribution in [0.5, 0.6) is 0 Å². The van der Waals surface area contributed by atoms with Crippen molar-refractivity contribution in [2.45, 2.75) is 51.5 Å². The highest BCUT2D eigenvalue weighted by atomic mass is 28.1. The summed E-state index contributed by atoms with van der Waals surface area (Å²) in [6.07, 6.45) is 0.629. The minimum absolute atomic E-state index is 0.175. The molecule has 0 rings (SSSR count). The Morgan fingerprint density at radius 1 is 1.33 bits per heavy atom. The summed E-state index contributed by atoms with van der Waals surface area (Å²) in [5.74, 6) is -0.347. The van der Waals surface area contributed by atoms with E-state index in [1.54, 1.807) is 0 Å². The van der Waals surface area contributed by atoms with Gasteiger partial charge in [0.25, 0.3) is 5.91 Å². The lowest BCUT2D eigenvalue weighted by molar-refractivity contribution is -0.141. The molecule has 1 amide bonds. The average molecular weight is 277 g/mol. The third kappa shape index (κ3) is 7.10. The molecule has 0 aliphatic rings. The fourth-order valence-corrected chi connectivity index (χ4v) is 2.14. The largest absolute Gasteiger partial charge is 0.381 e. The van der Waals surface area contributed by atoms with Crippen LogP contribution < -0.4 is 5.32 Å². The summed E-state index contributed by atoms with van der Waals surface area (Å²) < 4.78 is 11.0. The highest BCUT2D eigenvalue weighted by Gasteiger charge is 2.24. The maximum absolute atomic E-state index is 11.5. The minimum atomic E-state index is -1.32. The van der Waals surface area contributed by atoms with Gasteiger partial charge in [-0.05, 0) is 39.7 Å². The van der Waals surface area contributed by atoms with Crippen LogP contribution in [-0.4, -0.2) is 52.9 Å². The Hall–Kier alpha value is -0.433. The first kappa shape index (κ1) is 17.6. The quantitative estimate of drug-likeness (QED) is 0.453. The molecule has 0 radical (unpaired) electrons. The molecule has 0 spiro atoms. The van der Waals surface area contributed by atoms with Gasteiger partial charge in [-0.2, -0.15) is 0 Å². The molecule has 1 atom stereocenters. The van der Waals surface area contributed by atoms with Crippen LogP contribution >= 0.6 is 0 Å². The molecular formula is C12H27NO4Si. The van der Waals surface area contributed by atoms with Crippen LogP contribution in [0.1, 0.15) is 34.1 Å². The van der Waals surface area contributed by atoms with E-state index < -0.39 is 5.60 Å². The van der Waals surface area contributed by atoms with Gasteiger partial charge in [-0.25, -0.2) is 0 Å². The SMILES string of the molecule is CCOC(OCC)C([SiH3])CCNC(=O)C(C)(C)O. The lowest BCUT2D eigenvalue weighted by Crippen LogP contribution is -2.42. The van der Waals surface area contributed by atoms with Crippen molar-refractivity contribution in [3.8, 4) is 0 Å². The Balaban J connectivity index is 4.00. The number of hydrogen-bond acceptors (Lipinski definition) is 4. The highest BCUT2D eigenvalue weighted by molar-refractivity contribution is 6.11. The number of aliphatic hydroxyl groups is 1. The van der Waals surface area contributed by atoms with Gasteiger partial charge in [0.15, 0.2) is 6.29 Å². The van der Waals surface area contributed by atoms with E-state index >= 15 is 0 Å². The normalized spacial score (nSPS) is 13.9. The van der Waals surface area contributed by atoms with Crippen molar-refractivity contribution >= 4 is 16.1 Å². The fraction of sp³-hybridized carbons (Fsp3) is 0.917. The van der Waals surface area contributed by atoms with E-state index in [9.17, 15) is 9.90 Å². The molecule has 0 aromatic rings. The van der Waals surface area contributed by atoms with Crippen LogP contribution in [0.15, 0.2) is 0 Å². The van der Waals surface area contributed by atoms with Crippen LogP contribution in [0, 0.1) is 0 Å². The summed E-state index contributed by atoms with van der Waals surface area (Å²) in [4.78, 5) is 11.5.